The molecule has 1 heterocycles. The second-order valence-corrected chi connectivity index (χ2v) is 4.70. The van der Waals surface area contributed by atoms with E-state index < -0.39 is 29.6 Å². The molecule has 6 nitrogen and oxygen atoms in total. The lowest BCUT2D eigenvalue weighted by atomic mass is 10.1. The zero-order valence-electron chi connectivity index (χ0n) is 11.8. The number of rotatable bonds is 5. The van der Waals surface area contributed by atoms with Gasteiger partial charge in [-0.05, 0) is 29.8 Å². The fraction of sp³-hybridized carbons (Fsp3) is 0.133. The largest absolute Gasteiger partial charge is 0.387 e. The summed E-state index contributed by atoms with van der Waals surface area (Å²) in [6, 6.07) is 5.61. The summed E-state index contributed by atoms with van der Waals surface area (Å²) >= 11 is 0. The summed E-state index contributed by atoms with van der Waals surface area (Å²) in [5.74, 6) is -3.37. The molecule has 0 aliphatic heterocycles. The summed E-state index contributed by atoms with van der Waals surface area (Å²) in [4.78, 5) is 26.5. The molecule has 0 radical (unpaired) electrons. The molecule has 23 heavy (non-hydrogen) atoms. The van der Waals surface area contributed by atoms with E-state index in [2.05, 4.69) is 10.3 Å². The van der Waals surface area contributed by atoms with Crippen molar-refractivity contribution in [1.29, 1.82) is 0 Å². The van der Waals surface area contributed by atoms with E-state index >= 15 is 0 Å². The van der Waals surface area contributed by atoms with Crippen molar-refractivity contribution < 1.29 is 23.5 Å². The molecular weight excluding hydrogens is 308 g/mol. The first-order valence-corrected chi connectivity index (χ1v) is 6.55. The summed E-state index contributed by atoms with van der Waals surface area (Å²) in [6.45, 7) is -0.219. The molecule has 1 atom stereocenters. The van der Waals surface area contributed by atoms with E-state index in [1.807, 2.05) is 0 Å². The fourth-order valence-electron chi connectivity index (χ4n) is 1.79. The zero-order chi connectivity index (χ0) is 17.0. The van der Waals surface area contributed by atoms with Crippen LogP contribution in [0.5, 0.6) is 0 Å². The van der Waals surface area contributed by atoms with Crippen molar-refractivity contribution in [1.82, 2.24) is 10.3 Å². The molecule has 4 N–H and O–H groups in total. The highest BCUT2D eigenvalue weighted by Crippen LogP contribution is 2.15. The average Bonchev–Trinajstić information content (AvgIpc) is 2.54. The summed E-state index contributed by atoms with van der Waals surface area (Å²) in [6.07, 6.45) is -0.0535. The number of primary amides is 1. The van der Waals surface area contributed by atoms with Gasteiger partial charge in [0.05, 0.1) is 11.7 Å². The Morgan fingerprint density at radius 2 is 1.96 bits per heavy atom. The fourth-order valence-corrected chi connectivity index (χ4v) is 1.79. The van der Waals surface area contributed by atoms with Crippen LogP contribution in [-0.4, -0.2) is 28.4 Å². The molecule has 0 aliphatic rings. The van der Waals surface area contributed by atoms with Gasteiger partial charge < -0.3 is 16.2 Å². The monoisotopic (exact) mass is 321 g/mol. The lowest BCUT2D eigenvalue weighted by molar-refractivity contribution is 0.0909. The third-order valence-corrected chi connectivity index (χ3v) is 3.07. The Morgan fingerprint density at radius 3 is 2.52 bits per heavy atom. The molecule has 2 aromatic rings. The summed E-state index contributed by atoms with van der Waals surface area (Å²) in [5.41, 5.74) is 5.36. The minimum atomic E-state index is -1.21. The van der Waals surface area contributed by atoms with Crippen molar-refractivity contribution in [2.24, 2.45) is 5.73 Å². The van der Waals surface area contributed by atoms with Crippen LogP contribution in [0.2, 0.25) is 0 Å². The molecule has 0 bridgehead atoms. The highest BCUT2D eigenvalue weighted by atomic mass is 19.2. The Balaban J connectivity index is 1.97. The highest BCUT2D eigenvalue weighted by Gasteiger charge is 2.14. The number of pyridine rings is 1. The summed E-state index contributed by atoms with van der Waals surface area (Å²) < 4.78 is 25.9. The van der Waals surface area contributed by atoms with E-state index in [4.69, 9.17) is 5.73 Å². The first kappa shape index (κ1) is 16.5. The van der Waals surface area contributed by atoms with E-state index in [9.17, 15) is 23.5 Å². The molecule has 2 rings (SSSR count). The van der Waals surface area contributed by atoms with Gasteiger partial charge in [0.2, 0.25) is 5.91 Å². The first-order chi connectivity index (χ1) is 10.9. The smallest absolute Gasteiger partial charge is 0.269 e. The van der Waals surface area contributed by atoms with Crippen LogP contribution >= 0.6 is 0 Å². The molecule has 0 saturated carbocycles. The van der Waals surface area contributed by atoms with Gasteiger partial charge in [0.1, 0.15) is 5.69 Å². The molecule has 1 aromatic carbocycles. The maximum atomic E-state index is 13.1. The van der Waals surface area contributed by atoms with Gasteiger partial charge >= 0.3 is 0 Å². The number of nitrogens with two attached hydrogens (primary N) is 1. The lowest BCUT2D eigenvalue weighted by Gasteiger charge is -2.12. The number of aliphatic hydroxyl groups is 1. The number of hydrogen-bond acceptors (Lipinski definition) is 4. The quantitative estimate of drug-likeness (QED) is 0.761. The second kappa shape index (κ2) is 6.93. The van der Waals surface area contributed by atoms with Gasteiger partial charge in [0.25, 0.3) is 5.91 Å². The van der Waals surface area contributed by atoms with Crippen LogP contribution in [0, 0.1) is 11.6 Å². The number of halogens is 2. The normalized spacial score (nSPS) is 11.8. The second-order valence-electron chi connectivity index (χ2n) is 4.70. The van der Waals surface area contributed by atoms with Gasteiger partial charge in [-0.3, -0.25) is 14.6 Å². The Hall–Kier alpha value is -2.87. The molecule has 120 valence electrons. The van der Waals surface area contributed by atoms with Crippen LogP contribution in [0.15, 0.2) is 36.5 Å². The van der Waals surface area contributed by atoms with Crippen molar-refractivity contribution in [3.05, 3.63) is 65.0 Å². The summed E-state index contributed by atoms with van der Waals surface area (Å²) in [5, 5.41) is 12.3. The van der Waals surface area contributed by atoms with E-state index in [-0.39, 0.29) is 23.4 Å². The third kappa shape index (κ3) is 4.07. The molecule has 1 unspecified atom stereocenters. The standard InChI is InChI=1S/C15H13F2N3O3/c16-10-3-1-8(5-11(10)17)13(21)7-20-15(23)12-4-2-9(6-19-12)14(18)22/h1-6,13,21H,7H2,(H2,18,22)(H,20,23). The Bertz CT molecular complexity index is 735. The first-order valence-electron chi connectivity index (χ1n) is 6.55. The maximum Gasteiger partial charge on any atom is 0.269 e. The zero-order valence-corrected chi connectivity index (χ0v) is 11.8. The molecular formula is C15H13F2N3O3. The van der Waals surface area contributed by atoms with Crippen molar-refractivity contribution in [3.63, 3.8) is 0 Å². The van der Waals surface area contributed by atoms with Crippen LogP contribution in [0.4, 0.5) is 8.78 Å². The van der Waals surface area contributed by atoms with Crippen molar-refractivity contribution in [2.45, 2.75) is 6.10 Å². The van der Waals surface area contributed by atoms with Gasteiger partial charge in [-0.15, -0.1) is 0 Å². The molecule has 0 saturated heterocycles. The number of aromatic nitrogens is 1. The van der Waals surface area contributed by atoms with E-state index in [0.29, 0.717) is 0 Å². The Labute approximate surface area is 130 Å². The van der Waals surface area contributed by atoms with Crippen molar-refractivity contribution in [2.75, 3.05) is 6.54 Å². The van der Waals surface area contributed by atoms with E-state index in [1.165, 1.54) is 18.2 Å². The molecule has 0 aliphatic carbocycles. The molecule has 2 amide bonds. The summed E-state index contributed by atoms with van der Waals surface area (Å²) in [7, 11) is 0. The number of carbonyl (C=O) groups excluding carboxylic acids is 2. The number of hydrogen-bond donors (Lipinski definition) is 3. The maximum absolute atomic E-state index is 13.1. The number of amides is 2. The Kier molecular flexibility index (Phi) is 4.97. The van der Waals surface area contributed by atoms with Crippen molar-refractivity contribution >= 4 is 11.8 Å². The minimum Gasteiger partial charge on any atom is -0.387 e. The van der Waals surface area contributed by atoms with Crippen LogP contribution in [0.25, 0.3) is 0 Å². The predicted octanol–water partition coefficient (Wildman–Crippen LogP) is 0.922. The van der Waals surface area contributed by atoms with Crippen LogP contribution in [-0.2, 0) is 0 Å². The third-order valence-electron chi connectivity index (χ3n) is 3.07. The van der Waals surface area contributed by atoms with Crippen molar-refractivity contribution in [3.8, 4) is 0 Å². The van der Waals surface area contributed by atoms with Crippen LogP contribution in [0.3, 0.4) is 0 Å². The number of benzene rings is 1. The van der Waals surface area contributed by atoms with Gasteiger partial charge in [-0.25, -0.2) is 8.78 Å². The topological polar surface area (TPSA) is 105 Å². The molecule has 1 aromatic heterocycles. The van der Waals surface area contributed by atoms with Crippen LogP contribution in [0.1, 0.15) is 32.5 Å². The number of carbonyl (C=O) groups is 2. The van der Waals surface area contributed by atoms with Gasteiger partial charge in [0.15, 0.2) is 11.6 Å². The SMILES string of the molecule is NC(=O)c1ccc(C(=O)NCC(O)c2ccc(F)c(F)c2)nc1. The van der Waals surface area contributed by atoms with Crippen LogP contribution < -0.4 is 11.1 Å². The van der Waals surface area contributed by atoms with Gasteiger partial charge in [-0.2, -0.15) is 0 Å². The van der Waals surface area contributed by atoms with E-state index in [1.54, 1.807) is 0 Å². The molecule has 0 spiro atoms. The molecule has 0 fully saturated rings. The number of nitrogens with zero attached hydrogens (tertiary/aromatic N) is 1. The van der Waals surface area contributed by atoms with Gasteiger partial charge in [0, 0.05) is 12.7 Å². The van der Waals surface area contributed by atoms with Gasteiger partial charge in [-0.1, -0.05) is 6.07 Å². The highest BCUT2D eigenvalue weighted by molar-refractivity contribution is 5.95. The minimum absolute atomic E-state index is 0.0208. The number of nitrogens with one attached hydrogen (secondary N) is 1. The predicted molar refractivity (Wildman–Crippen MR) is 76.4 cm³/mol. The Morgan fingerprint density at radius 1 is 1.22 bits per heavy atom. The average molecular weight is 321 g/mol. The van der Waals surface area contributed by atoms with E-state index in [0.717, 1.165) is 18.3 Å². The number of aliphatic hydroxyl groups excluding tert-OH is 1. The lowest BCUT2D eigenvalue weighted by Crippen LogP contribution is -2.29. The molecule has 8 heteroatoms.